The molecule has 2 rings (SSSR count). The number of hydrogen-bond donors (Lipinski definition) is 0. The van der Waals surface area contributed by atoms with Crippen LogP contribution in [0.2, 0.25) is 0 Å². The summed E-state index contributed by atoms with van der Waals surface area (Å²) in [6, 6.07) is 1.91. The molecular weight excluding hydrogens is 180 g/mol. The first-order chi connectivity index (χ1) is 6.73. The SMILES string of the molecule is C[C@@]1(CC=O)CC[C@H](c2ccoc2)O1. The lowest BCUT2D eigenvalue weighted by atomic mass is 9.98. The molecule has 14 heavy (non-hydrogen) atoms. The van der Waals surface area contributed by atoms with E-state index in [9.17, 15) is 4.79 Å². The molecule has 0 N–H and O–H groups in total. The first-order valence-corrected chi connectivity index (χ1v) is 4.87. The molecule has 0 amide bonds. The molecule has 0 spiro atoms. The molecule has 1 fully saturated rings. The van der Waals surface area contributed by atoms with E-state index in [0.717, 1.165) is 24.7 Å². The van der Waals surface area contributed by atoms with Crippen molar-refractivity contribution in [3.8, 4) is 0 Å². The molecule has 1 aromatic heterocycles. The average Bonchev–Trinajstić information content (AvgIpc) is 2.73. The van der Waals surface area contributed by atoms with Crippen LogP contribution in [0.15, 0.2) is 23.0 Å². The number of rotatable bonds is 3. The maximum atomic E-state index is 10.5. The molecule has 3 heteroatoms. The first-order valence-electron chi connectivity index (χ1n) is 4.87. The Labute approximate surface area is 83.0 Å². The van der Waals surface area contributed by atoms with E-state index in [-0.39, 0.29) is 11.7 Å². The molecule has 1 aliphatic heterocycles. The second-order valence-electron chi connectivity index (χ2n) is 4.02. The number of ether oxygens (including phenoxy) is 1. The van der Waals surface area contributed by atoms with E-state index >= 15 is 0 Å². The molecule has 0 aromatic carbocycles. The molecule has 1 aliphatic rings. The van der Waals surface area contributed by atoms with E-state index in [1.807, 2.05) is 13.0 Å². The van der Waals surface area contributed by atoms with E-state index < -0.39 is 0 Å². The highest BCUT2D eigenvalue weighted by Gasteiger charge is 2.36. The van der Waals surface area contributed by atoms with Gasteiger partial charge < -0.3 is 13.9 Å². The minimum atomic E-state index is -0.274. The summed E-state index contributed by atoms with van der Waals surface area (Å²) in [6.07, 6.45) is 6.74. The Morgan fingerprint density at radius 2 is 2.57 bits per heavy atom. The van der Waals surface area contributed by atoms with E-state index in [1.165, 1.54) is 0 Å². The van der Waals surface area contributed by atoms with Gasteiger partial charge in [0, 0.05) is 12.0 Å². The number of hydrogen-bond acceptors (Lipinski definition) is 3. The second-order valence-corrected chi connectivity index (χ2v) is 4.02. The van der Waals surface area contributed by atoms with Gasteiger partial charge in [0.1, 0.15) is 6.29 Å². The highest BCUT2D eigenvalue weighted by Crippen LogP contribution is 2.40. The standard InChI is InChI=1S/C11H14O3/c1-11(5-6-12)4-2-10(14-11)9-3-7-13-8-9/h3,6-8,10H,2,4-5H2,1H3/t10-,11+/m1/s1. The summed E-state index contributed by atoms with van der Waals surface area (Å²) in [7, 11) is 0. The van der Waals surface area contributed by atoms with E-state index in [4.69, 9.17) is 9.15 Å². The maximum Gasteiger partial charge on any atom is 0.122 e. The van der Waals surface area contributed by atoms with Crippen LogP contribution in [0.3, 0.4) is 0 Å². The van der Waals surface area contributed by atoms with E-state index in [1.54, 1.807) is 12.5 Å². The second kappa shape index (κ2) is 3.58. The predicted octanol–water partition coefficient (Wildman–Crippen LogP) is 2.48. The monoisotopic (exact) mass is 194 g/mol. The summed E-state index contributed by atoms with van der Waals surface area (Å²) in [4.78, 5) is 10.5. The molecule has 0 aliphatic carbocycles. The number of carbonyl (C=O) groups excluding carboxylic acids is 1. The zero-order chi connectivity index (χ0) is 10.0. The van der Waals surface area contributed by atoms with Crippen LogP contribution in [-0.4, -0.2) is 11.9 Å². The fraction of sp³-hybridized carbons (Fsp3) is 0.545. The summed E-state index contributed by atoms with van der Waals surface area (Å²) in [5, 5.41) is 0. The Hall–Kier alpha value is -1.09. The fourth-order valence-electron chi connectivity index (χ4n) is 1.92. The van der Waals surface area contributed by atoms with Crippen molar-refractivity contribution >= 4 is 6.29 Å². The average molecular weight is 194 g/mol. The minimum Gasteiger partial charge on any atom is -0.472 e. The van der Waals surface area contributed by atoms with Gasteiger partial charge in [-0.25, -0.2) is 0 Å². The van der Waals surface area contributed by atoms with Crippen LogP contribution in [0, 0.1) is 0 Å². The van der Waals surface area contributed by atoms with Crippen molar-refractivity contribution in [1.29, 1.82) is 0 Å². The number of furan rings is 1. The lowest BCUT2D eigenvalue weighted by Gasteiger charge is -2.21. The third-order valence-corrected chi connectivity index (χ3v) is 2.79. The molecule has 2 heterocycles. The summed E-state index contributed by atoms with van der Waals surface area (Å²) in [5.74, 6) is 0. The minimum absolute atomic E-state index is 0.0960. The van der Waals surface area contributed by atoms with Crippen molar-refractivity contribution in [2.24, 2.45) is 0 Å². The maximum absolute atomic E-state index is 10.5. The Morgan fingerprint density at radius 1 is 1.71 bits per heavy atom. The van der Waals surface area contributed by atoms with Crippen LogP contribution in [0.25, 0.3) is 0 Å². The number of carbonyl (C=O) groups is 1. The molecule has 1 saturated heterocycles. The summed E-state index contributed by atoms with van der Waals surface area (Å²) >= 11 is 0. The third kappa shape index (κ3) is 1.73. The molecule has 0 unspecified atom stereocenters. The first kappa shape index (κ1) is 9.46. The molecule has 1 aromatic rings. The van der Waals surface area contributed by atoms with Crippen molar-refractivity contribution in [1.82, 2.24) is 0 Å². The Kier molecular flexibility index (Phi) is 2.42. The Bertz CT molecular complexity index is 304. The Balaban J connectivity index is 2.04. The third-order valence-electron chi connectivity index (χ3n) is 2.79. The van der Waals surface area contributed by atoms with Crippen LogP contribution < -0.4 is 0 Å². The normalized spacial score (nSPS) is 31.9. The largest absolute Gasteiger partial charge is 0.472 e. The summed E-state index contributed by atoms with van der Waals surface area (Å²) in [6.45, 7) is 1.99. The van der Waals surface area contributed by atoms with Gasteiger partial charge in [0.25, 0.3) is 0 Å². The van der Waals surface area contributed by atoms with Gasteiger partial charge >= 0.3 is 0 Å². The highest BCUT2D eigenvalue weighted by atomic mass is 16.5. The number of aldehydes is 1. The van der Waals surface area contributed by atoms with E-state index in [0.29, 0.717) is 6.42 Å². The Morgan fingerprint density at radius 3 is 3.21 bits per heavy atom. The van der Waals surface area contributed by atoms with E-state index in [2.05, 4.69) is 0 Å². The van der Waals surface area contributed by atoms with Crippen LogP contribution in [0.1, 0.15) is 37.9 Å². The zero-order valence-electron chi connectivity index (χ0n) is 8.23. The van der Waals surface area contributed by atoms with Gasteiger partial charge in [0.15, 0.2) is 0 Å². The van der Waals surface area contributed by atoms with Gasteiger partial charge in [-0.05, 0) is 25.8 Å². The summed E-state index contributed by atoms with van der Waals surface area (Å²) < 4.78 is 10.8. The molecule has 0 bridgehead atoms. The van der Waals surface area contributed by atoms with Gasteiger partial charge in [-0.15, -0.1) is 0 Å². The topological polar surface area (TPSA) is 39.4 Å². The molecule has 2 atom stereocenters. The zero-order valence-corrected chi connectivity index (χ0v) is 8.23. The van der Waals surface area contributed by atoms with Gasteiger partial charge in [-0.3, -0.25) is 0 Å². The van der Waals surface area contributed by atoms with Crippen LogP contribution in [0.4, 0.5) is 0 Å². The van der Waals surface area contributed by atoms with Gasteiger partial charge in [0.2, 0.25) is 0 Å². The van der Waals surface area contributed by atoms with Crippen molar-refractivity contribution in [3.05, 3.63) is 24.2 Å². The lowest BCUT2D eigenvalue weighted by Crippen LogP contribution is -2.23. The van der Waals surface area contributed by atoms with Gasteiger partial charge in [-0.1, -0.05) is 0 Å². The molecule has 3 nitrogen and oxygen atoms in total. The molecular formula is C11H14O3. The highest BCUT2D eigenvalue weighted by molar-refractivity contribution is 5.51. The molecule has 0 radical (unpaired) electrons. The molecule has 0 saturated carbocycles. The van der Waals surface area contributed by atoms with Crippen LogP contribution >= 0.6 is 0 Å². The predicted molar refractivity (Wildman–Crippen MR) is 50.9 cm³/mol. The molecule has 76 valence electrons. The van der Waals surface area contributed by atoms with Crippen LogP contribution in [0.5, 0.6) is 0 Å². The smallest absolute Gasteiger partial charge is 0.122 e. The van der Waals surface area contributed by atoms with Crippen LogP contribution in [-0.2, 0) is 9.53 Å². The van der Waals surface area contributed by atoms with Gasteiger partial charge in [-0.2, -0.15) is 0 Å². The van der Waals surface area contributed by atoms with Crippen molar-refractivity contribution in [2.75, 3.05) is 0 Å². The fourth-order valence-corrected chi connectivity index (χ4v) is 1.92. The quantitative estimate of drug-likeness (QED) is 0.694. The summed E-state index contributed by atoms with van der Waals surface area (Å²) in [5.41, 5.74) is 0.795. The van der Waals surface area contributed by atoms with Crippen molar-refractivity contribution in [3.63, 3.8) is 0 Å². The van der Waals surface area contributed by atoms with Crippen molar-refractivity contribution < 1.29 is 13.9 Å². The van der Waals surface area contributed by atoms with Gasteiger partial charge in [0.05, 0.1) is 24.2 Å². The van der Waals surface area contributed by atoms with Crippen molar-refractivity contribution in [2.45, 2.75) is 37.9 Å². The lowest BCUT2D eigenvalue weighted by molar-refractivity contribution is -0.114.